The zero-order valence-electron chi connectivity index (χ0n) is 24.3. The Morgan fingerprint density at radius 3 is 2.31 bits per heavy atom. The number of piperazine rings is 1. The molecular formula is C31H43FN6O4. The Labute approximate surface area is 247 Å². The number of aromatic nitrogens is 2. The maximum absolute atomic E-state index is 13.7. The number of nitrogens with one attached hydrogen (secondary N) is 1. The van der Waals surface area contributed by atoms with Crippen molar-refractivity contribution in [1.82, 2.24) is 19.8 Å². The molecule has 0 atom stereocenters. The lowest BCUT2D eigenvalue weighted by molar-refractivity contribution is 0.0116. The summed E-state index contributed by atoms with van der Waals surface area (Å²) in [7, 11) is 0. The molecule has 2 heterocycles. The third-order valence-corrected chi connectivity index (χ3v) is 7.12. The average Bonchev–Trinajstić information content (AvgIpc) is 3.54. The summed E-state index contributed by atoms with van der Waals surface area (Å²) >= 11 is 0. The summed E-state index contributed by atoms with van der Waals surface area (Å²) in [6, 6.07) is 12.3. The number of amides is 1. The normalized spacial score (nSPS) is 13.9. The van der Waals surface area contributed by atoms with Crippen LogP contribution >= 0.6 is 0 Å². The highest BCUT2D eigenvalue weighted by Gasteiger charge is 2.21. The number of nitrogens with zero attached hydrogens (tertiary/aromatic N) is 4. The second-order valence-electron chi connectivity index (χ2n) is 10.1. The molecule has 3 aromatic rings. The van der Waals surface area contributed by atoms with Crippen LogP contribution in [0.2, 0.25) is 0 Å². The molecule has 1 saturated heterocycles. The largest absolute Gasteiger partial charge is 0.378 e. The summed E-state index contributed by atoms with van der Waals surface area (Å²) < 4.78 is 32.2. The van der Waals surface area contributed by atoms with E-state index in [1.807, 2.05) is 29.0 Å². The Morgan fingerprint density at radius 1 is 0.905 bits per heavy atom. The molecule has 0 spiro atoms. The molecule has 1 aliphatic rings. The maximum atomic E-state index is 13.7. The Kier molecular flexibility index (Phi) is 13.2. The second kappa shape index (κ2) is 17.6. The number of carbonyl (C=O) groups excluding carboxylic acids is 1. The van der Waals surface area contributed by atoms with Gasteiger partial charge in [0.25, 0.3) is 5.91 Å². The van der Waals surface area contributed by atoms with Gasteiger partial charge >= 0.3 is 0 Å². The topological polar surface area (TPSA) is 107 Å². The van der Waals surface area contributed by atoms with Crippen molar-refractivity contribution in [2.45, 2.75) is 13.0 Å². The number of hydrogen-bond donors (Lipinski definition) is 2. The molecule has 0 unspecified atom stereocenters. The molecule has 11 heteroatoms. The molecular weight excluding hydrogens is 539 g/mol. The fourth-order valence-corrected chi connectivity index (χ4v) is 4.83. The molecule has 0 aliphatic carbocycles. The smallest absolute Gasteiger partial charge is 0.251 e. The molecule has 0 bridgehead atoms. The van der Waals surface area contributed by atoms with Crippen molar-refractivity contribution >= 4 is 11.6 Å². The Bertz CT molecular complexity index is 1190. The van der Waals surface area contributed by atoms with Gasteiger partial charge in [-0.2, -0.15) is 0 Å². The summed E-state index contributed by atoms with van der Waals surface area (Å²) in [4.78, 5) is 21.7. The van der Waals surface area contributed by atoms with E-state index in [-0.39, 0.29) is 11.7 Å². The van der Waals surface area contributed by atoms with E-state index in [9.17, 15) is 9.18 Å². The van der Waals surface area contributed by atoms with Gasteiger partial charge in [-0.05, 0) is 42.3 Å². The number of carbonyl (C=O) groups is 1. The zero-order valence-corrected chi connectivity index (χ0v) is 24.3. The summed E-state index contributed by atoms with van der Waals surface area (Å²) in [5.41, 5.74) is 8.81. The SMILES string of the molecule is NCCOCCOCCOCCN1CCN(c2ccc(C(=O)NCCCn3ccnc3)cc2-c2ccc(F)cc2)CC1. The van der Waals surface area contributed by atoms with Crippen molar-refractivity contribution in [3.63, 3.8) is 0 Å². The van der Waals surface area contributed by atoms with Crippen molar-refractivity contribution in [3.8, 4) is 11.1 Å². The molecule has 1 aliphatic heterocycles. The average molecular weight is 583 g/mol. The fourth-order valence-electron chi connectivity index (χ4n) is 4.83. The van der Waals surface area contributed by atoms with Gasteiger partial charge in [-0.1, -0.05) is 12.1 Å². The first-order valence-corrected chi connectivity index (χ1v) is 14.7. The van der Waals surface area contributed by atoms with E-state index in [0.29, 0.717) is 58.3 Å². The lowest BCUT2D eigenvalue weighted by Gasteiger charge is -2.37. The summed E-state index contributed by atoms with van der Waals surface area (Å²) in [6.45, 7) is 9.64. The van der Waals surface area contributed by atoms with Crippen LogP contribution in [0.25, 0.3) is 11.1 Å². The predicted molar refractivity (Wildman–Crippen MR) is 161 cm³/mol. The van der Waals surface area contributed by atoms with E-state index in [4.69, 9.17) is 19.9 Å². The number of rotatable bonds is 18. The van der Waals surface area contributed by atoms with Crippen molar-refractivity contribution in [1.29, 1.82) is 0 Å². The van der Waals surface area contributed by atoms with E-state index < -0.39 is 0 Å². The monoisotopic (exact) mass is 582 g/mol. The molecule has 2 aromatic carbocycles. The number of benzene rings is 2. The highest BCUT2D eigenvalue weighted by molar-refractivity contribution is 5.97. The van der Waals surface area contributed by atoms with Crippen LogP contribution in [0, 0.1) is 5.82 Å². The highest BCUT2D eigenvalue weighted by atomic mass is 19.1. The zero-order chi connectivity index (χ0) is 29.4. The molecule has 10 nitrogen and oxygen atoms in total. The third kappa shape index (κ3) is 10.2. The number of halogens is 1. The Morgan fingerprint density at radius 2 is 1.62 bits per heavy atom. The fraction of sp³-hybridized carbons (Fsp3) is 0.484. The van der Waals surface area contributed by atoms with Gasteiger partial charge in [-0.3, -0.25) is 9.69 Å². The first-order chi connectivity index (χ1) is 20.6. The van der Waals surface area contributed by atoms with Crippen molar-refractivity contribution in [2.75, 3.05) is 90.4 Å². The van der Waals surface area contributed by atoms with Gasteiger partial charge < -0.3 is 34.7 Å². The number of ether oxygens (including phenoxy) is 3. The van der Waals surface area contributed by atoms with E-state index in [1.165, 1.54) is 12.1 Å². The molecule has 1 amide bonds. The van der Waals surface area contributed by atoms with Crippen LogP contribution in [-0.2, 0) is 20.8 Å². The molecule has 42 heavy (non-hydrogen) atoms. The van der Waals surface area contributed by atoms with E-state index in [2.05, 4.69) is 20.1 Å². The first kappa shape index (κ1) is 31.6. The van der Waals surface area contributed by atoms with Gasteiger partial charge in [-0.15, -0.1) is 0 Å². The predicted octanol–water partition coefficient (Wildman–Crippen LogP) is 2.64. The van der Waals surface area contributed by atoms with Gasteiger partial charge in [0.2, 0.25) is 0 Å². The van der Waals surface area contributed by atoms with Gasteiger partial charge in [0.15, 0.2) is 0 Å². The third-order valence-electron chi connectivity index (χ3n) is 7.12. The van der Waals surface area contributed by atoms with Crippen LogP contribution in [0.5, 0.6) is 0 Å². The van der Waals surface area contributed by atoms with Crippen LogP contribution in [0.3, 0.4) is 0 Å². The highest BCUT2D eigenvalue weighted by Crippen LogP contribution is 2.33. The van der Waals surface area contributed by atoms with Crippen LogP contribution < -0.4 is 16.0 Å². The van der Waals surface area contributed by atoms with Gasteiger partial charge in [-0.25, -0.2) is 9.37 Å². The van der Waals surface area contributed by atoms with Crippen LogP contribution in [0.1, 0.15) is 16.8 Å². The number of anilines is 1. The van der Waals surface area contributed by atoms with Crippen LogP contribution in [-0.4, -0.2) is 106 Å². The van der Waals surface area contributed by atoms with Crippen LogP contribution in [0.4, 0.5) is 10.1 Å². The van der Waals surface area contributed by atoms with Crippen molar-refractivity contribution < 1.29 is 23.4 Å². The number of aryl methyl sites for hydroxylation is 1. The molecule has 3 N–H and O–H groups in total. The summed E-state index contributed by atoms with van der Waals surface area (Å²) in [5.74, 6) is -0.406. The van der Waals surface area contributed by atoms with Gasteiger partial charge in [0.1, 0.15) is 5.82 Å². The van der Waals surface area contributed by atoms with Crippen LogP contribution in [0.15, 0.2) is 61.2 Å². The van der Waals surface area contributed by atoms with E-state index in [1.54, 1.807) is 24.7 Å². The van der Waals surface area contributed by atoms with Crippen molar-refractivity contribution in [2.24, 2.45) is 5.73 Å². The van der Waals surface area contributed by atoms with E-state index in [0.717, 1.165) is 62.5 Å². The number of hydrogen-bond acceptors (Lipinski definition) is 8. The first-order valence-electron chi connectivity index (χ1n) is 14.7. The lowest BCUT2D eigenvalue weighted by atomic mass is 9.99. The van der Waals surface area contributed by atoms with Gasteiger partial charge in [0, 0.05) is 81.6 Å². The quantitative estimate of drug-likeness (QED) is 0.221. The minimum absolute atomic E-state index is 0.120. The maximum Gasteiger partial charge on any atom is 0.251 e. The number of nitrogens with two attached hydrogens (primary N) is 1. The molecule has 0 radical (unpaired) electrons. The molecule has 228 valence electrons. The minimum Gasteiger partial charge on any atom is -0.378 e. The standard InChI is InChI=1S/C31H43FN6O4/c32-28-5-2-26(3-6-28)29-24-27(31(39)35-9-1-11-37-12-10-34-25-37)4-7-30(29)38-15-13-36(14-16-38)17-19-41-21-23-42-22-20-40-18-8-33/h2-7,10,12,24-25H,1,8-9,11,13-23,33H2,(H,35,39). The molecule has 1 aromatic heterocycles. The Balaban J connectivity index is 1.26. The lowest BCUT2D eigenvalue weighted by Crippen LogP contribution is -2.47. The van der Waals surface area contributed by atoms with Gasteiger partial charge in [0.05, 0.1) is 46.0 Å². The second-order valence-corrected chi connectivity index (χ2v) is 10.1. The van der Waals surface area contributed by atoms with Crippen molar-refractivity contribution in [3.05, 3.63) is 72.6 Å². The van der Waals surface area contributed by atoms with E-state index >= 15 is 0 Å². The Hall–Kier alpha value is -3.35. The minimum atomic E-state index is -0.286. The molecule has 0 saturated carbocycles. The molecule has 4 rings (SSSR count). The summed E-state index contributed by atoms with van der Waals surface area (Å²) in [6.07, 6.45) is 6.22. The number of imidazole rings is 1. The molecule has 1 fully saturated rings. The summed E-state index contributed by atoms with van der Waals surface area (Å²) in [5, 5.41) is 3.02.